The van der Waals surface area contributed by atoms with Gasteiger partial charge in [0.1, 0.15) is 5.75 Å². The standard InChI is InChI=1S/C18H17N3O3/c22-18(23-15-10-5-2-6-11-15)19-13-7-12-16-20-17(21-24-16)14-8-3-1-4-9-14/h1-6,8-11H,7,12-13H2,(H,19,22). The van der Waals surface area contributed by atoms with Gasteiger partial charge in [-0.15, -0.1) is 0 Å². The largest absolute Gasteiger partial charge is 0.412 e. The van der Waals surface area contributed by atoms with Crippen molar-refractivity contribution in [3.63, 3.8) is 0 Å². The van der Waals surface area contributed by atoms with Gasteiger partial charge >= 0.3 is 6.09 Å². The minimum atomic E-state index is -0.475. The molecule has 2 aromatic carbocycles. The lowest BCUT2D eigenvalue weighted by molar-refractivity contribution is 0.200. The van der Waals surface area contributed by atoms with E-state index in [0.29, 0.717) is 36.9 Å². The summed E-state index contributed by atoms with van der Waals surface area (Å²) in [6, 6.07) is 18.6. The van der Waals surface area contributed by atoms with E-state index in [2.05, 4.69) is 15.5 Å². The molecule has 122 valence electrons. The van der Waals surface area contributed by atoms with Crippen molar-refractivity contribution in [2.24, 2.45) is 0 Å². The summed E-state index contributed by atoms with van der Waals surface area (Å²) < 4.78 is 10.3. The number of para-hydroxylation sites is 1. The second-order valence-electron chi connectivity index (χ2n) is 5.11. The second kappa shape index (κ2) is 7.92. The second-order valence-corrected chi connectivity index (χ2v) is 5.11. The van der Waals surface area contributed by atoms with Crippen molar-refractivity contribution in [1.82, 2.24) is 15.5 Å². The quantitative estimate of drug-likeness (QED) is 0.703. The van der Waals surface area contributed by atoms with Crippen molar-refractivity contribution in [2.75, 3.05) is 6.54 Å². The van der Waals surface area contributed by atoms with Gasteiger partial charge in [0.25, 0.3) is 0 Å². The number of nitrogens with zero attached hydrogens (tertiary/aromatic N) is 2. The van der Waals surface area contributed by atoms with E-state index in [4.69, 9.17) is 9.26 Å². The van der Waals surface area contributed by atoms with Gasteiger partial charge in [0.2, 0.25) is 11.7 Å². The highest BCUT2D eigenvalue weighted by atomic mass is 16.6. The number of aromatic nitrogens is 2. The molecule has 1 aromatic heterocycles. The van der Waals surface area contributed by atoms with Crippen molar-refractivity contribution in [2.45, 2.75) is 12.8 Å². The Balaban J connectivity index is 1.41. The summed E-state index contributed by atoms with van der Waals surface area (Å²) in [6.45, 7) is 0.467. The molecule has 0 unspecified atom stereocenters. The predicted octanol–water partition coefficient (Wildman–Crippen LogP) is 3.46. The van der Waals surface area contributed by atoms with Crippen LogP contribution in [0.25, 0.3) is 11.4 Å². The van der Waals surface area contributed by atoms with Crippen molar-refractivity contribution < 1.29 is 14.1 Å². The SMILES string of the molecule is O=C(NCCCc1nc(-c2ccccc2)no1)Oc1ccccc1. The van der Waals surface area contributed by atoms with E-state index in [9.17, 15) is 4.79 Å². The number of nitrogens with one attached hydrogen (secondary N) is 1. The molecule has 3 rings (SSSR count). The van der Waals surface area contributed by atoms with E-state index in [1.54, 1.807) is 12.1 Å². The fourth-order valence-electron chi connectivity index (χ4n) is 2.12. The fraction of sp³-hybridized carbons (Fsp3) is 0.167. The summed E-state index contributed by atoms with van der Waals surface area (Å²) in [5.74, 6) is 1.63. The van der Waals surface area contributed by atoms with Crippen LogP contribution in [0.15, 0.2) is 65.2 Å². The van der Waals surface area contributed by atoms with Gasteiger partial charge in [-0.2, -0.15) is 4.98 Å². The molecule has 0 radical (unpaired) electrons. The van der Waals surface area contributed by atoms with Crippen LogP contribution in [0, 0.1) is 0 Å². The number of rotatable bonds is 6. The van der Waals surface area contributed by atoms with E-state index < -0.39 is 6.09 Å². The molecule has 0 saturated carbocycles. The van der Waals surface area contributed by atoms with Crippen LogP contribution in [0.4, 0.5) is 4.79 Å². The Bertz CT molecular complexity index is 772. The molecular formula is C18H17N3O3. The lowest BCUT2D eigenvalue weighted by atomic mass is 10.2. The summed E-state index contributed by atoms with van der Waals surface area (Å²) in [5, 5.41) is 6.65. The van der Waals surface area contributed by atoms with E-state index >= 15 is 0 Å². The first-order valence-corrected chi connectivity index (χ1v) is 7.70. The van der Waals surface area contributed by atoms with E-state index in [1.165, 1.54) is 0 Å². The third-order valence-corrected chi connectivity index (χ3v) is 3.29. The molecule has 0 spiro atoms. The Morgan fingerprint density at radius 2 is 1.75 bits per heavy atom. The van der Waals surface area contributed by atoms with Crippen LogP contribution in [-0.2, 0) is 6.42 Å². The molecular weight excluding hydrogens is 306 g/mol. The number of hydrogen-bond donors (Lipinski definition) is 1. The minimum Gasteiger partial charge on any atom is -0.410 e. The zero-order valence-corrected chi connectivity index (χ0v) is 13.0. The molecule has 0 saturated heterocycles. The Morgan fingerprint density at radius 1 is 1.04 bits per heavy atom. The monoisotopic (exact) mass is 323 g/mol. The maximum absolute atomic E-state index is 11.6. The highest BCUT2D eigenvalue weighted by Crippen LogP contribution is 2.15. The Labute approximate surface area is 139 Å². The highest BCUT2D eigenvalue weighted by molar-refractivity contribution is 5.70. The van der Waals surface area contributed by atoms with Gasteiger partial charge in [0.05, 0.1) is 0 Å². The van der Waals surface area contributed by atoms with Gasteiger partial charge in [-0.3, -0.25) is 0 Å². The molecule has 3 aromatic rings. The van der Waals surface area contributed by atoms with Crippen LogP contribution in [0.1, 0.15) is 12.3 Å². The molecule has 24 heavy (non-hydrogen) atoms. The average molecular weight is 323 g/mol. The predicted molar refractivity (Wildman–Crippen MR) is 88.5 cm³/mol. The molecule has 6 nitrogen and oxygen atoms in total. The molecule has 1 amide bonds. The van der Waals surface area contributed by atoms with Gasteiger partial charge in [-0.1, -0.05) is 53.7 Å². The number of benzene rings is 2. The molecule has 0 aliphatic carbocycles. The molecule has 1 N–H and O–H groups in total. The number of amides is 1. The first kappa shape index (κ1) is 15.7. The third-order valence-electron chi connectivity index (χ3n) is 3.29. The number of carbonyl (C=O) groups is 1. The van der Waals surface area contributed by atoms with Crippen LogP contribution in [-0.4, -0.2) is 22.8 Å². The fourth-order valence-corrected chi connectivity index (χ4v) is 2.12. The van der Waals surface area contributed by atoms with Crippen LogP contribution < -0.4 is 10.1 Å². The van der Waals surface area contributed by atoms with Crippen molar-refractivity contribution in [3.8, 4) is 17.1 Å². The van der Waals surface area contributed by atoms with Gasteiger partial charge < -0.3 is 14.6 Å². The molecule has 0 fully saturated rings. The summed E-state index contributed by atoms with van der Waals surface area (Å²) in [6.07, 6.45) is 0.794. The first-order valence-electron chi connectivity index (χ1n) is 7.70. The summed E-state index contributed by atoms with van der Waals surface area (Å²) in [5.41, 5.74) is 0.914. The van der Waals surface area contributed by atoms with E-state index in [-0.39, 0.29) is 0 Å². The van der Waals surface area contributed by atoms with E-state index in [0.717, 1.165) is 5.56 Å². The van der Waals surface area contributed by atoms with Crippen LogP contribution in [0.2, 0.25) is 0 Å². The number of aryl methyl sites for hydroxylation is 1. The summed E-state index contributed by atoms with van der Waals surface area (Å²) in [4.78, 5) is 16.0. The van der Waals surface area contributed by atoms with Gasteiger partial charge in [0.15, 0.2) is 0 Å². The zero-order chi connectivity index (χ0) is 16.6. The minimum absolute atomic E-state index is 0.467. The Hall–Kier alpha value is -3.15. The van der Waals surface area contributed by atoms with Crippen molar-refractivity contribution >= 4 is 6.09 Å². The number of carbonyl (C=O) groups excluding carboxylic acids is 1. The van der Waals surface area contributed by atoms with E-state index in [1.807, 2.05) is 48.5 Å². The first-order chi connectivity index (χ1) is 11.8. The maximum Gasteiger partial charge on any atom is 0.412 e. The van der Waals surface area contributed by atoms with Crippen LogP contribution >= 0.6 is 0 Å². The Kier molecular flexibility index (Phi) is 5.19. The molecule has 0 bridgehead atoms. The summed E-state index contributed by atoms with van der Waals surface area (Å²) >= 11 is 0. The zero-order valence-electron chi connectivity index (χ0n) is 13.0. The van der Waals surface area contributed by atoms with Crippen molar-refractivity contribution in [3.05, 3.63) is 66.6 Å². The van der Waals surface area contributed by atoms with Crippen LogP contribution in [0.5, 0.6) is 5.75 Å². The topological polar surface area (TPSA) is 77.3 Å². The molecule has 0 atom stereocenters. The van der Waals surface area contributed by atoms with Gasteiger partial charge in [0, 0.05) is 18.5 Å². The maximum atomic E-state index is 11.6. The average Bonchev–Trinajstić information content (AvgIpc) is 3.09. The number of hydrogen-bond acceptors (Lipinski definition) is 5. The molecule has 0 aliphatic rings. The smallest absolute Gasteiger partial charge is 0.410 e. The lowest BCUT2D eigenvalue weighted by Crippen LogP contribution is -2.27. The van der Waals surface area contributed by atoms with Crippen molar-refractivity contribution in [1.29, 1.82) is 0 Å². The molecule has 6 heteroatoms. The lowest BCUT2D eigenvalue weighted by Gasteiger charge is -2.05. The highest BCUT2D eigenvalue weighted by Gasteiger charge is 2.08. The molecule has 0 aliphatic heterocycles. The normalized spacial score (nSPS) is 10.3. The van der Waals surface area contributed by atoms with Gasteiger partial charge in [-0.05, 0) is 18.6 Å². The third kappa shape index (κ3) is 4.42. The number of ether oxygens (including phenoxy) is 1. The Morgan fingerprint density at radius 3 is 2.50 bits per heavy atom. The van der Waals surface area contributed by atoms with Gasteiger partial charge in [-0.25, -0.2) is 4.79 Å². The summed E-state index contributed by atoms with van der Waals surface area (Å²) in [7, 11) is 0. The van der Waals surface area contributed by atoms with Crippen LogP contribution in [0.3, 0.4) is 0 Å². The molecule has 1 heterocycles.